The zero-order valence-corrected chi connectivity index (χ0v) is 7.56. The van der Waals surface area contributed by atoms with E-state index in [4.69, 9.17) is 9.47 Å². The van der Waals surface area contributed by atoms with Crippen molar-refractivity contribution in [1.82, 2.24) is 4.98 Å². The fourth-order valence-corrected chi connectivity index (χ4v) is 1.01. The first kappa shape index (κ1) is 9.83. The first-order valence-electron chi connectivity index (χ1n) is 3.78. The van der Waals surface area contributed by atoms with Crippen LogP contribution in [0.1, 0.15) is 22.3 Å². The lowest BCUT2D eigenvalue weighted by atomic mass is 10.2. The number of rotatable bonds is 4. The summed E-state index contributed by atoms with van der Waals surface area (Å²) in [6.07, 6.45) is 1.79. The lowest BCUT2D eigenvalue weighted by molar-refractivity contribution is -0.108. The Morgan fingerprint density at radius 2 is 2.15 bits per heavy atom. The van der Waals surface area contributed by atoms with Crippen molar-refractivity contribution in [2.24, 2.45) is 0 Å². The summed E-state index contributed by atoms with van der Waals surface area (Å²) >= 11 is 0. The summed E-state index contributed by atoms with van der Waals surface area (Å²) in [5.41, 5.74) is 1.15. The van der Waals surface area contributed by atoms with E-state index in [-0.39, 0.29) is 0 Å². The highest BCUT2D eigenvalue weighted by Crippen LogP contribution is 2.14. The second kappa shape index (κ2) is 4.69. The number of aldehydes is 1. The Bertz CT molecular complexity index is 284. The lowest BCUT2D eigenvalue weighted by Crippen LogP contribution is -2.06. The fourth-order valence-electron chi connectivity index (χ4n) is 1.01. The molecule has 0 aliphatic heterocycles. The monoisotopic (exact) mass is 181 g/mol. The van der Waals surface area contributed by atoms with E-state index in [0.717, 1.165) is 6.29 Å². The van der Waals surface area contributed by atoms with E-state index in [2.05, 4.69) is 4.98 Å². The predicted octanol–water partition coefficient (Wildman–Crippen LogP) is 1.19. The summed E-state index contributed by atoms with van der Waals surface area (Å²) in [6, 6.07) is 3.25. The molecule has 4 nitrogen and oxygen atoms in total. The van der Waals surface area contributed by atoms with Gasteiger partial charge in [-0.25, -0.2) is 0 Å². The molecule has 0 saturated carbocycles. The lowest BCUT2D eigenvalue weighted by Gasteiger charge is -2.12. The number of aromatic nitrogens is 1. The summed E-state index contributed by atoms with van der Waals surface area (Å²) in [7, 11) is 3.03. The van der Waals surface area contributed by atoms with Gasteiger partial charge in [0.1, 0.15) is 6.29 Å². The van der Waals surface area contributed by atoms with Crippen molar-refractivity contribution < 1.29 is 14.3 Å². The van der Waals surface area contributed by atoms with Crippen molar-refractivity contribution in [1.29, 1.82) is 0 Å². The molecule has 0 aliphatic carbocycles. The van der Waals surface area contributed by atoms with Crippen LogP contribution in [-0.2, 0) is 9.47 Å². The number of hydrogen-bond acceptors (Lipinski definition) is 4. The Balaban J connectivity index is 2.92. The smallest absolute Gasteiger partial charge is 0.200 e. The van der Waals surface area contributed by atoms with Crippen LogP contribution in [0.25, 0.3) is 0 Å². The molecular weight excluding hydrogens is 170 g/mol. The Morgan fingerprint density at radius 1 is 1.46 bits per heavy atom. The molecule has 4 heteroatoms. The zero-order valence-electron chi connectivity index (χ0n) is 7.56. The van der Waals surface area contributed by atoms with Crippen LogP contribution in [0.15, 0.2) is 18.3 Å². The van der Waals surface area contributed by atoms with Crippen molar-refractivity contribution in [3.05, 3.63) is 29.6 Å². The van der Waals surface area contributed by atoms with E-state index in [1.54, 1.807) is 18.3 Å². The summed E-state index contributed by atoms with van der Waals surface area (Å²) in [4.78, 5) is 14.5. The molecule has 0 saturated heterocycles. The van der Waals surface area contributed by atoms with Gasteiger partial charge in [-0.1, -0.05) is 0 Å². The predicted molar refractivity (Wildman–Crippen MR) is 46.4 cm³/mol. The molecule has 0 aromatic carbocycles. The molecule has 0 fully saturated rings. The van der Waals surface area contributed by atoms with Gasteiger partial charge in [-0.15, -0.1) is 0 Å². The molecule has 0 radical (unpaired) electrons. The molecule has 0 N–H and O–H groups in total. The Hall–Kier alpha value is -1.26. The Morgan fingerprint density at radius 3 is 2.69 bits per heavy atom. The molecule has 1 aromatic heterocycles. The third-order valence-corrected chi connectivity index (χ3v) is 1.61. The molecular formula is C9H11NO3. The van der Waals surface area contributed by atoms with Gasteiger partial charge < -0.3 is 9.47 Å². The minimum absolute atomic E-state index is 0.514. The number of nitrogens with zero attached hydrogens (tertiary/aromatic N) is 1. The van der Waals surface area contributed by atoms with Crippen molar-refractivity contribution in [3.63, 3.8) is 0 Å². The summed E-state index contributed by atoms with van der Waals surface area (Å²) in [6.45, 7) is 0. The third-order valence-electron chi connectivity index (χ3n) is 1.61. The van der Waals surface area contributed by atoms with Gasteiger partial charge in [0.15, 0.2) is 0 Å². The van der Waals surface area contributed by atoms with Gasteiger partial charge in [-0.05, 0) is 12.1 Å². The molecule has 0 aliphatic rings. The molecule has 0 bridgehead atoms. The van der Waals surface area contributed by atoms with Crippen LogP contribution in [0, 0.1) is 0 Å². The number of hydrogen-bond donors (Lipinski definition) is 0. The van der Waals surface area contributed by atoms with E-state index < -0.39 is 6.29 Å². The average Bonchev–Trinajstić information content (AvgIpc) is 2.20. The normalized spacial score (nSPS) is 10.4. The summed E-state index contributed by atoms with van der Waals surface area (Å²) < 4.78 is 9.97. The van der Waals surface area contributed by atoms with Gasteiger partial charge in [0, 0.05) is 26.0 Å². The van der Waals surface area contributed by atoms with E-state index in [9.17, 15) is 4.79 Å². The van der Waals surface area contributed by atoms with Crippen LogP contribution in [0.3, 0.4) is 0 Å². The molecule has 0 unspecified atom stereocenters. The van der Waals surface area contributed by atoms with E-state index in [0.29, 0.717) is 11.3 Å². The van der Waals surface area contributed by atoms with E-state index in [1.165, 1.54) is 14.2 Å². The second-order valence-corrected chi connectivity index (χ2v) is 2.44. The first-order chi connectivity index (χ1) is 6.31. The van der Waals surface area contributed by atoms with Crippen LogP contribution in [0.2, 0.25) is 0 Å². The number of methoxy groups -OCH3 is 2. The number of ether oxygens (including phenoxy) is 2. The van der Waals surface area contributed by atoms with E-state index in [1.807, 2.05) is 0 Å². The standard InChI is InChI=1S/C9H11NO3/c1-12-9(13-2)8-5-7(6-11)3-4-10-8/h3-6,9H,1-2H3. The van der Waals surface area contributed by atoms with Crippen LogP contribution in [0.5, 0.6) is 0 Å². The Kier molecular flexibility index (Phi) is 3.54. The summed E-state index contributed by atoms with van der Waals surface area (Å²) in [5.74, 6) is 0. The molecule has 0 atom stereocenters. The molecule has 70 valence electrons. The molecule has 1 rings (SSSR count). The molecule has 0 amide bonds. The van der Waals surface area contributed by atoms with Crippen molar-refractivity contribution in [2.75, 3.05) is 14.2 Å². The second-order valence-electron chi connectivity index (χ2n) is 2.44. The topological polar surface area (TPSA) is 48.4 Å². The van der Waals surface area contributed by atoms with Gasteiger partial charge in [0.25, 0.3) is 0 Å². The Labute approximate surface area is 76.5 Å². The van der Waals surface area contributed by atoms with Crippen LogP contribution in [-0.4, -0.2) is 25.5 Å². The number of carbonyl (C=O) groups excluding carboxylic acids is 1. The van der Waals surface area contributed by atoms with Gasteiger partial charge in [0.05, 0.1) is 5.69 Å². The van der Waals surface area contributed by atoms with Crippen LogP contribution >= 0.6 is 0 Å². The van der Waals surface area contributed by atoms with Gasteiger partial charge >= 0.3 is 0 Å². The van der Waals surface area contributed by atoms with Crippen molar-refractivity contribution >= 4 is 6.29 Å². The van der Waals surface area contributed by atoms with Gasteiger partial charge in [-0.3, -0.25) is 9.78 Å². The molecule has 1 heterocycles. The maximum absolute atomic E-state index is 10.4. The maximum Gasteiger partial charge on any atom is 0.200 e. The van der Waals surface area contributed by atoms with Crippen LogP contribution in [0.4, 0.5) is 0 Å². The number of pyridine rings is 1. The minimum atomic E-state index is -0.514. The maximum atomic E-state index is 10.4. The average molecular weight is 181 g/mol. The summed E-state index contributed by atoms with van der Waals surface area (Å²) in [5, 5.41) is 0. The highest BCUT2D eigenvalue weighted by atomic mass is 16.7. The quantitative estimate of drug-likeness (QED) is 0.517. The number of carbonyl (C=O) groups is 1. The first-order valence-corrected chi connectivity index (χ1v) is 3.78. The molecule has 13 heavy (non-hydrogen) atoms. The third kappa shape index (κ3) is 2.34. The highest BCUT2D eigenvalue weighted by molar-refractivity contribution is 5.74. The van der Waals surface area contributed by atoms with Gasteiger partial charge in [-0.2, -0.15) is 0 Å². The zero-order chi connectivity index (χ0) is 9.68. The minimum Gasteiger partial charge on any atom is -0.350 e. The van der Waals surface area contributed by atoms with E-state index >= 15 is 0 Å². The molecule has 1 aromatic rings. The highest BCUT2D eigenvalue weighted by Gasteiger charge is 2.09. The van der Waals surface area contributed by atoms with Crippen molar-refractivity contribution in [3.8, 4) is 0 Å². The van der Waals surface area contributed by atoms with Crippen LogP contribution < -0.4 is 0 Å². The molecule has 0 spiro atoms. The fraction of sp³-hybridized carbons (Fsp3) is 0.333. The largest absolute Gasteiger partial charge is 0.350 e. The van der Waals surface area contributed by atoms with Crippen molar-refractivity contribution in [2.45, 2.75) is 6.29 Å². The SMILES string of the molecule is COC(OC)c1cc(C=O)ccn1. The van der Waals surface area contributed by atoms with Gasteiger partial charge in [0.2, 0.25) is 6.29 Å².